The van der Waals surface area contributed by atoms with Gasteiger partial charge in [0.1, 0.15) is 0 Å². The predicted molar refractivity (Wildman–Crippen MR) is 86.0 cm³/mol. The third-order valence-corrected chi connectivity index (χ3v) is 3.49. The van der Waals surface area contributed by atoms with Crippen molar-refractivity contribution in [1.82, 2.24) is 5.32 Å². The lowest BCUT2D eigenvalue weighted by atomic mass is 10.0. The van der Waals surface area contributed by atoms with Crippen LogP contribution in [0.25, 0.3) is 10.8 Å². The summed E-state index contributed by atoms with van der Waals surface area (Å²) in [5, 5.41) is 5.29. The smallest absolute Gasteiger partial charge is 0.251 e. The van der Waals surface area contributed by atoms with Crippen LogP contribution in [-0.4, -0.2) is 5.91 Å². The summed E-state index contributed by atoms with van der Waals surface area (Å²) in [6.45, 7) is 0.505. The van der Waals surface area contributed by atoms with Gasteiger partial charge in [-0.1, -0.05) is 42.5 Å². The normalized spacial score (nSPS) is 10.5. The van der Waals surface area contributed by atoms with Crippen LogP contribution in [0.5, 0.6) is 0 Å². The van der Waals surface area contributed by atoms with Crippen LogP contribution in [0.3, 0.4) is 0 Å². The number of fused-ring (bicyclic) bond motifs is 1. The second-order valence-electron chi connectivity index (χ2n) is 4.94. The number of hydrogen-bond donors (Lipinski definition) is 2. The Hall–Kier alpha value is -2.81. The molecule has 3 aromatic carbocycles. The molecule has 3 nitrogen and oxygen atoms in total. The fraction of sp³-hybridized carbons (Fsp3) is 0.0556. The van der Waals surface area contributed by atoms with Gasteiger partial charge in [0, 0.05) is 17.8 Å². The van der Waals surface area contributed by atoms with E-state index in [1.807, 2.05) is 24.3 Å². The standard InChI is InChI=1S/C18H16N2O/c19-16-10-8-14(9-11-16)18(21)20-12-15-6-3-5-13-4-1-2-7-17(13)15/h1-11H,12,19H2,(H,20,21). The van der Waals surface area contributed by atoms with E-state index in [-0.39, 0.29) is 5.91 Å². The quantitative estimate of drug-likeness (QED) is 0.721. The highest BCUT2D eigenvalue weighted by atomic mass is 16.1. The Balaban J connectivity index is 1.77. The molecule has 0 saturated heterocycles. The van der Waals surface area contributed by atoms with Gasteiger partial charge in [0.15, 0.2) is 0 Å². The van der Waals surface area contributed by atoms with Crippen molar-refractivity contribution in [3.05, 3.63) is 77.9 Å². The number of carbonyl (C=O) groups is 1. The Morgan fingerprint density at radius 3 is 2.43 bits per heavy atom. The molecule has 0 saturated carbocycles. The second kappa shape index (κ2) is 5.67. The topological polar surface area (TPSA) is 55.1 Å². The Labute approximate surface area is 123 Å². The molecule has 1 amide bonds. The summed E-state index contributed by atoms with van der Waals surface area (Å²) < 4.78 is 0. The number of nitrogens with two attached hydrogens (primary N) is 1. The SMILES string of the molecule is Nc1ccc(C(=O)NCc2cccc3ccccc23)cc1. The van der Waals surface area contributed by atoms with Gasteiger partial charge >= 0.3 is 0 Å². The lowest BCUT2D eigenvalue weighted by Gasteiger charge is -2.08. The Kier molecular flexibility index (Phi) is 3.56. The summed E-state index contributed by atoms with van der Waals surface area (Å²) in [5.41, 5.74) is 8.00. The highest BCUT2D eigenvalue weighted by Gasteiger charge is 2.06. The number of nitrogen functional groups attached to an aromatic ring is 1. The first-order valence-corrected chi connectivity index (χ1v) is 6.84. The minimum Gasteiger partial charge on any atom is -0.399 e. The van der Waals surface area contributed by atoms with Gasteiger partial charge in [0.05, 0.1) is 0 Å². The summed E-state index contributed by atoms with van der Waals surface area (Å²) in [7, 11) is 0. The van der Waals surface area contributed by atoms with Crippen molar-refractivity contribution in [2.45, 2.75) is 6.54 Å². The van der Waals surface area contributed by atoms with Crippen molar-refractivity contribution in [2.75, 3.05) is 5.73 Å². The maximum Gasteiger partial charge on any atom is 0.251 e. The zero-order chi connectivity index (χ0) is 14.7. The summed E-state index contributed by atoms with van der Waals surface area (Å²) >= 11 is 0. The minimum absolute atomic E-state index is 0.0945. The first-order valence-electron chi connectivity index (χ1n) is 6.84. The van der Waals surface area contributed by atoms with Gasteiger partial charge in [-0.15, -0.1) is 0 Å². The Bertz CT molecular complexity index is 773. The van der Waals surface area contributed by atoms with Gasteiger partial charge < -0.3 is 11.1 Å². The molecule has 0 aliphatic carbocycles. The molecule has 3 rings (SSSR count). The van der Waals surface area contributed by atoms with Gasteiger partial charge in [-0.05, 0) is 40.6 Å². The molecular weight excluding hydrogens is 260 g/mol. The summed E-state index contributed by atoms with van der Waals surface area (Å²) in [5.74, 6) is -0.0945. The first-order chi connectivity index (χ1) is 10.2. The lowest BCUT2D eigenvalue weighted by Crippen LogP contribution is -2.22. The summed E-state index contributed by atoms with van der Waals surface area (Å²) in [4.78, 5) is 12.1. The van der Waals surface area contributed by atoms with E-state index in [0.717, 1.165) is 10.9 Å². The van der Waals surface area contributed by atoms with Crippen LogP contribution in [0.15, 0.2) is 66.7 Å². The van der Waals surface area contributed by atoms with Crippen LogP contribution in [0.4, 0.5) is 5.69 Å². The van der Waals surface area contributed by atoms with Crippen molar-refractivity contribution in [1.29, 1.82) is 0 Å². The van der Waals surface area contributed by atoms with E-state index in [0.29, 0.717) is 17.8 Å². The van der Waals surface area contributed by atoms with Crippen LogP contribution in [0.1, 0.15) is 15.9 Å². The number of rotatable bonds is 3. The largest absolute Gasteiger partial charge is 0.399 e. The molecule has 0 atom stereocenters. The first kappa shape index (κ1) is 13.2. The number of nitrogens with one attached hydrogen (secondary N) is 1. The average Bonchev–Trinajstić information content (AvgIpc) is 2.53. The van der Waals surface area contributed by atoms with Crippen molar-refractivity contribution >= 4 is 22.4 Å². The second-order valence-corrected chi connectivity index (χ2v) is 4.94. The summed E-state index contributed by atoms with van der Waals surface area (Å²) in [6.07, 6.45) is 0. The van der Waals surface area contributed by atoms with E-state index in [2.05, 4.69) is 23.5 Å². The molecule has 0 aromatic heterocycles. The molecule has 0 bridgehead atoms. The van der Waals surface area contributed by atoms with Gasteiger partial charge in [-0.2, -0.15) is 0 Å². The van der Waals surface area contributed by atoms with Crippen LogP contribution < -0.4 is 11.1 Å². The predicted octanol–water partition coefficient (Wildman–Crippen LogP) is 3.35. The molecule has 0 heterocycles. The minimum atomic E-state index is -0.0945. The van der Waals surface area contributed by atoms with E-state index < -0.39 is 0 Å². The fourth-order valence-electron chi connectivity index (χ4n) is 2.36. The van der Waals surface area contributed by atoms with Crippen LogP contribution in [0.2, 0.25) is 0 Å². The van der Waals surface area contributed by atoms with Gasteiger partial charge in [0.25, 0.3) is 5.91 Å². The van der Waals surface area contributed by atoms with Crippen molar-refractivity contribution < 1.29 is 4.79 Å². The van der Waals surface area contributed by atoms with E-state index in [9.17, 15) is 4.79 Å². The molecule has 0 aliphatic heterocycles. The van der Waals surface area contributed by atoms with Gasteiger partial charge in [-0.25, -0.2) is 0 Å². The zero-order valence-corrected chi connectivity index (χ0v) is 11.5. The molecule has 0 aliphatic rings. The summed E-state index contributed by atoms with van der Waals surface area (Å²) in [6, 6.07) is 21.2. The highest BCUT2D eigenvalue weighted by molar-refractivity contribution is 5.95. The molecule has 104 valence electrons. The van der Waals surface area contributed by atoms with E-state index in [1.165, 1.54) is 5.39 Å². The van der Waals surface area contributed by atoms with Crippen molar-refractivity contribution in [3.63, 3.8) is 0 Å². The van der Waals surface area contributed by atoms with Crippen molar-refractivity contribution in [2.24, 2.45) is 0 Å². The third-order valence-electron chi connectivity index (χ3n) is 3.49. The molecule has 0 fully saturated rings. The maximum atomic E-state index is 12.1. The van der Waals surface area contributed by atoms with Gasteiger partial charge in [0.2, 0.25) is 0 Å². The fourth-order valence-corrected chi connectivity index (χ4v) is 2.36. The van der Waals surface area contributed by atoms with Crippen LogP contribution in [0, 0.1) is 0 Å². The average molecular weight is 276 g/mol. The van der Waals surface area contributed by atoms with Crippen molar-refractivity contribution in [3.8, 4) is 0 Å². The monoisotopic (exact) mass is 276 g/mol. The Morgan fingerprint density at radius 1 is 0.905 bits per heavy atom. The molecule has 3 N–H and O–H groups in total. The van der Waals surface area contributed by atoms with E-state index in [4.69, 9.17) is 5.73 Å². The molecule has 3 heteroatoms. The molecule has 0 unspecified atom stereocenters. The third kappa shape index (κ3) is 2.87. The van der Waals surface area contributed by atoms with Crippen LogP contribution >= 0.6 is 0 Å². The van der Waals surface area contributed by atoms with E-state index in [1.54, 1.807) is 24.3 Å². The van der Waals surface area contributed by atoms with Gasteiger partial charge in [-0.3, -0.25) is 4.79 Å². The molecule has 3 aromatic rings. The highest BCUT2D eigenvalue weighted by Crippen LogP contribution is 2.18. The number of hydrogen-bond acceptors (Lipinski definition) is 2. The number of amides is 1. The molecule has 0 spiro atoms. The Morgan fingerprint density at radius 2 is 1.62 bits per heavy atom. The maximum absolute atomic E-state index is 12.1. The number of anilines is 1. The number of benzene rings is 3. The molecule has 21 heavy (non-hydrogen) atoms. The zero-order valence-electron chi connectivity index (χ0n) is 11.5. The molecular formula is C18H16N2O. The van der Waals surface area contributed by atoms with E-state index >= 15 is 0 Å². The van der Waals surface area contributed by atoms with Crippen LogP contribution in [-0.2, 0) is 6.54 Å². The number of carbonyl (C=O) groups excluding carboxylic acids is 1. The lowest BCUT2D eigenvalue weighted by molar-refractivity contribution is 0.0951. The molecule has 0 radical (unpaired) electrons.